The van der Waals surface area contributed by atoms with Crippen molar-refractivity contribution in [2.45, 2.75) is 45.2 Å². The van der Waals surface area contributed by atoms with Crippen molar-refractivity contribution < 1.29 is 4.74 Å². The molecule has 1 aromatic rings. The minimum Gasteiger partial charge on any atom is -0.497 e. The number of hydrogen-bond acceptors (Lipinski definition) is 3. The van der Waals surface area contributed by atoms with Gasteiger partial charge in [0.05, 0.1) is 7.11 Å². The third-order valence-electron chi connectivity index (χ3n) is 4.22. The van der Waals surface area contributed by atoms with Gasteiger partial charge in [-0.25, -0.2) is 0 Å². The van der Waals surface area contributed by atoms with Crippen molar-refractivity contribution in [1.29, 1.82) is 0 Å². The maximum atomic E-state index is 5.30. The van der Waals surface area contributed by atoms with E-state index in [1.165, 1.54) is 12.0 Å². The maximum absolute atomic E-state index is 5.30. The predicted octanol–water partition coefficient (Wildman–Crippen LogP) is 2.70. The van der Waals surface area contributed by atoms with Gasteiger partial charge in [-0.1, -0.05) is 19.1 Å². The first kappa shape index (κ1) is 15.3. The van der Waals surface area contributed by atoms with Gasteiger partial charge in [0.15, 0.2) is 0 Å². The van der Waals surface area contributed by atoms with Gasteiger partial charge in [-0.3, -0.25) is 4.90 Å². The second-order valence-corrected chi connectivity index (χ2v) is 6.40. The Labute approximate surface area is 123 Å². The number of hydrogen-bond donors (Lipinski definition) is 1. The highest BCUT2D eigenvalue weighted by molar-refractivity contribution is 5.28. The summed E-state index contributed by atoms with van der Waals surface area (Å²) in [6.45, 7) is 10.2. The fraction of sp³-hybridized carbons (Fsp3) is 0.647. The molecule has 0 saturated carbocycles. The summed E-state index contributed by atoms with van der Waals surface area (Å²) in [5.41, 5.74) is 1.58. The maximum Gasteiger partial charge on any atom is 0.119 e. The minimum atomic E-state index is 0.222. The van der Waals surface area contributed by atoms with Crippen molar-refractivity contribution in [3.63, 3.8) is 0 Å². The van der Waals surface area contributed by atoms with Crippen LogP contribution in [0, 0.1) is 0 Å². The molecule has 0 aromatic heterocycles. The topological polar surface area (TPSA) is 24.5 Å². The largest absolute Gasteiger partial charge is 0.497 e. The average Bonchev–Trinajstić information content (AvgIpc) is 2.44. The number of methoxy groups -OCH3 is 1. The molecule has 0 aliphatic carbocycles. The molecule has 1 aliphatic heterocycles. The number of rotatable bonds is 5. The summed E-state index contributed by atoms with van der Waals surface area (Å²) in [5, 5.41) is 3.64. The molecule has 1 unspecified atom stereocenters. The summed E-state index contributed by atoms with van der Waals surface area (Å²) in [4.78, 5) is 2.63. The van der Waals surface area contributed by atoms with Crippen LogP contribution in [0.1, 0.15) is 32.8 Å². The molecule has 1 aromatic carbocycles. The summed E-state index contributed by atoms with van der Waals surface area (Å²) in [6, 6.07) is 9.08. The van der Waals surface area contributed by atoms with Gasteiger partial charge in [-0.05, 0) is 44.4 Å². The molecule has 1 saturated heterocycles. The van der Waals surface area contributed by atoms with Crippen LogP contribution in [0.15, 0.2) is 24.3 Å². The Hall–Kier alpha value is -1.06. The van der Waals surface area contributed by atoms with Crippen LogP contribution < -0.4 is 10.1 Å². The van der Waals surface area contributed by atoms with Crippen LogP contribution in [0.4, 0.5) is 0 Å². The van der Waals surface area contributed by atoms with Gasteiger partial charge < -0.3 is 10.1 Å². The standard InChI is InChI=1S/C17H28N2O/c1-5-15-12-18-17(2,3)13-19(15)10-9-14-7-6-8-16(11-14)20-4/h6-8,11,15,18H,5,9-10,12-13H2,1-4H3. The Balaban J connectivity index is 1.96. The van der Waals surface area contributed by atoms with E-state index in [0.717, 1.165) is 31.8 Å². The highest BCUT2D eigenvalue weighted by Crippen LogP contribution is 2.19. The van der Waals surface area contributed by atoms with Gasteiger partial charge in [0.2, 0.25) is 0 Å². The van der Waals surface area contributed by atoms with E-state index >= 15 is 0 Å². The molecule has 3 nitrogen and oxygen atoms in total. The number of piperazine rings is 1. The Bertz CT molecular complexity index is 431. The zero-order chi connectivity index (χ0) is 14.6. The lowest BCUT2D eigenvalue weighted by atomic mass is 9.97. The molecule has 1 fully saturated rings. The SMILES string of the molecule is CCC1CNC(C)(C)CN1CCc1cccc(OC)c1. The van der Waals surface area contributed by atoms with Crippen molar-refractivity contribution in [3.8, 4) is 5.75 Å². The lowest BCUT2D eigenvalue weighted by molar-refractivity contribution is 0.0939. The zero-order valence-electron chi connectivity index (χ0n) is 13.3. The summed E-state index contributed by atoms with van der Waals surface area (Å²) < 4.78 is 5.30. The van der Waals surface area contributed by atoms with Crippen LogP contribution in [-0.2, 0) is 6.42 Å². The Morgan fingerprint density at radius 2 is 2.20 bits per heavy atom. The van der Waals surface area contributed by atoms with Gasteiger partial charge in [-0.2, -0.15) is 0 Å². The van der Waals surface area contributed by atoms with Gasteiger partial charge in [-0.15, -0.1) is 0 Å². The van der Waals surface area contributed by atoms with E-state index < -0.39 is 0 Å². The van der Waals surface area contributed by atoms with Gasteiger partial charge in [0, 0.05) is 31.2 Å². The van der Waals surface area contributed by atoms with E-state index in [-0.39, 0.29) is 5.54 Å². The zero-order valence-corrected chi connectivity index (χ0v) is 13.3. The monoisotopic (exact) mass is 276 g/mol. The normalized spacial score (nSPS) is 22.7. The molecule has 0 spiro atoms. The molecular formula is C17H28N2O. The van der Waals surface area contributed by atoms with E-state index in [9.17, 15) is 0 Å². The molecule has 1 aliphatic rings. The molecule has 1 N–H and O–H groups in total. The Morgan fingerprint density at radius 1 is 1.40 bits per heavy atom. The van der Waals surface area contributed by atoms with Crippen LogP contribution >= 0.6 is 0 Å². The summed E-state index contributed by atoms with van der Waals surface area (Å²) in [7, 11) is 1.73. The number of nitrogens with one attached hydrogen (secondary N) is 1. The average molecular weight is 276 g/mol. The molecule has 2 rings (SSSR count). The lowest BCUT2D eigenvalue weighted by Gasteiger charge is -2.44. The van der Waals surface area contributed by atoms with E-state index in [4.69, 9.17) is 4.74 Å². The summed E-state index contributed by atoms with van der Waals surface area (Å²) >= 11 is 0. The number of ether oxygens (including phenoxy) is 1. The van der Waals surface area contributed by atoms with Crippen LogP contribution in [-0.4, -0.2) is 43.2 Å². The molecule has 1 atom stereocenters. The fourth-order valence-corrected chi connectivity index (χ4v) is 2.98. The van der Waals surface area contributed by atoms with Crippen LogP contribution in [0.5, 0.6) is 5.75 Å². The van der Waals surface area contributed by atoms with Crippen LogP contribution in [0.2, 0.25) is 0 Å². The smallest absolute Gasteiger partial charge is 0.119 e. The molecule has 3 heteroatoms. The fourth-order valence-electron chi connectivity index (χ4n) is 2.98. The lowest BCUT2D eigenvalue weighted by Crippen LogP contribution is -2.61. The van der Waals surface area contributed by atoms with Gasteiger partial charge in [0.1, 0.15) is 5.75 Å². The van der Waals surface area contributed by atoms with Crippen molar-refractivity contribution in [3.05, 3.63) is 29.8 Å². The third kappa shape index (κ3) is 3.97. The first-order valence-electron chi connectivity index (χ1n) is 7.66. The van der Waals surface area contributed by atoms with Gasteiger partial charge >= 0.3 is 0 Å². The van der Waals surface area contributed by atoms with Crippen molar-refractivity contribution in [2.24, 2.45) is 0 Å². The molecule has 0 amide bonds. The Morgan fingerprint density at radius 3 is 2.90 bits per heavy atom. The van der Waals surface area contributed by atoms with Crippen molar-refractivity contribution in [2.75, 3.05) is 26.7 Å². The quantitative estimate of drug-likeness (QED) is 0.895. The molecule has 112 valence electrons. The second kappa shape index (κ2) is 6.59. The predicted molar refractivity (Wildman–Crippen MR) is 84.4 cm³/mol. The first-order valence-corrected chi connectivity index (χ1v) is 7.66. The van der Waals surface area contributed by atoms with E-state index in [1.54, 1.807) is 7.11 Å². The van der Waals surface area contributed by atoms with E-state index in [0.29, 0.717) is 6.04 Å². The molecular weight excluding hydrogens is 248 g/mol. The van der Waals surface area contributed by atoms with Crippen LogP contribution in [0.25, 0.3) is 0 Å². The molecule has 0 radical (unpaired) electrons. The molecule has 0 bridgehead atoms. The number of benzene rings is 1. The van der Waals surface area contributed by atoms with E-state index in [1.807, 2.05) is 6.07 Å². The highest BCUT2D eigenvalue weighted by atomic mass is 16.5. The second-order valence-electron chi connectivity index (χ2n) is 6.40. The number of nitrogens with zero attached hydrogens (tertiary/aromatic N) is 1. The van der Waals surface area contributed by atoms with Gasteiger partial charge in [0.25, 0.3) is 0 Å². The van der Waals surface area contributed by atoms with Crippen molar-refractivity contribution >= 4 is 0 Å². The summed E-state index contributed by atoms with van der Waals surface area (Å²) in [6.07, 6.45) is 2.30. The third-order valence-corrected chi connectivity index (χ3v) is 4.22. The van der Waals surface area contributed by atoms with E-state index in [2.05, 4.69) is 49.2 Å². The Kier molecular flexibility index (Phi) is 5.06. The molecule has 1 heterocycles. The first-order chi connectivity index (χ1) is 9.54. The molecule has 20 heavy (non-hydrogen) atoms. The van der Waals surface area contributed by atoms with Crippen LogP contribution in [0.3, 0.4) is 0 Å². The summed E-state index contributed by atoms with van der Waals surface area (Å²) in [5.74, 6) is 0.954. The highest BCUT2D eigenvalue weighted by Gasteiger charge is 2.30. The van der Waals surface area contributed by atoms with Crippen molar-refractivity contribution in [1.82, 2.24) is 10.2 Å². The minimum absolute atomic E-state index is 0.222.